The van der Waals surface area contributed by atoms with E-state index in [1.165, 1.54) is 60.0 Å². The largest absolute Gasteiger partial charge is 0.455 e. The van der Waals surface area contributed by atoms with E-state index in [-0.39, 0.29) is 0 Å². The number of fused-ring (bicyclic) bond motifs is 7. The first-order chi connectivity index (χ1) is 21.8. The Morgan fingerprint density at radius 3 is 1.75 bits per heavy atom. The molecule has 7 aromatic carbocycles. The fourth-order valence-electron chi connectivity index (χ4n) is 6.75. The molecule has 9 rings (SSSR count). The standard InChI is InChI=1S/C42H26OS/c1-3-10-27(11-4-1)29-17-19-30(20-18-29)39-35-24-23-34-32-14-7-8-15-37(32)43-42(34)40(35)36-26-31(28-12-5-2-6-13-28)21-22-33(36)41(39)38-16-9-25-44-38/h1-26H. The van der Waals surface area contributed by atoms with Crippen molar-refractivity contribution in [3.63, 3.8) is 0 Å². The molecule has 0 N–H and O–H groups in total. The summed E-state index contributed by atoms with van der Waals surface area (Å²) in [5.74, 6) is 0. The third-order valence-electron chi connectivity index (χ3n) is 8.78. The number of hydrogen-bond donors (Lipinski definition) is 0. The van der Waals surface area contributed by atoms with Gasteiger partial charge < -0.3 is 4.42 Å². The van der Waals surface area contributed by atoms with Crippen molar-refractivity contribution >= 4 is 54.8 Å². The minimum atomic E-state index is 0.915. The van der Waals surface area contributed by atoms with Gasteiger partial charge in [-0.15, -0.1) is 11.3 Å². The van der Waals surface area contributed by atoms with Crippen LogP contribution in [0.15, 0.2) is 161 Å². The average molecular weight is 579 g/mol. The number of furan rings is 1. The number of rotatable bonds is 4. The molecule has 2 heteroatoms. The predicted octanol–water partition coefficient (Wildman–Crippen LogP) is 12.6. The minimum Gasteiger partial charge on any atom is -0.455 e. The molecular formula is C42H26OS. The first-order valence-corrected chi connectivity index (χ1v) is 15.8. The summed E-state index contributed by atoms with van der Waals surface area (Å²) in [7, 11) is 0. The molecule has 0 saturated carbocycles. The zero-order chi connectivity index (χ0) is 29.0. The zero-order valence-corrected chi connectivity index (χ0v) is 24.6. The van der Waals surface area contributed by atoms with Crippen LogP contribution in [0.1, 0.15) is 0 Å². The Balaban J connectivity index is 1.43. The first kappa shape index (κ1) is 25.1. The molecule has 2 aromatic heterocycles. The van der Waals surface area contributed by atoms with E-state index in [0.717, 1.165) is 27.3 Å². The molecule has 0 aliphatic rings. The Morgan fingerprint density at radius 1 is 0.386 bits per heavy atom. The van der Waals surface area contributed by atoms with Crippen molar-refractivity contribution in [2.45, 2.75) is 0 Å². The van der Waals surface area contributed by atoms with Crippen LogP contribution >= 0.6 is 11.3 Å². The summed E-state index contributed by atoms with van der Waals surface area (Å²) in [4.78, 5) is 1.26. The Hall–Kier alpha value is -5.44. The van der Waals surface area contributed by atoms with Crippen molar-refractivity contribution in [2.24, 2.45) is 0 Å². The molecule has 0 amide bonds. The highest BCUT2D eigenvalue weighted by Crippen LogP contribution is 2.49. The molecule has 1 nitrogen and oxygen atoms in total. The molecule has 2 heterocycles. The average Bonchev–Trinajstić information content (AvgIpc) is 3.77. The van der Waals surface area contributed by atoms with Gasteiger partial charge in [-0.05, 0) is 79.2 Å². The normalized spacial score (nSPS) is 11.6. The second-order valence-corrected chi connectivity index (χ2v) is 12.2. The van der Waals surface area contributed by atoms with Gasteiger partial charge in [-0.3, -0.25) is 0 Å². The van der Waals surface area contributed by atoms with E-state index >= 15 is 0 Å². The molecule has 0 aliphatic carbocycles. The summed E-state index contributed by atoms with van der Waals surface area (Å²) in [6, 6.07) is 54.6. The second kappa shape index (κ2) is 10.1. The second-order valence-electron chi connectivity index (χ2n) is 11.3. The van der Waals surface area contributed by atoms with Crippen LogP contribution in [0, 0.1) is 0 Å². The zero-order valence-electron chi connectivity index (χ0n) is 23.8. The maximum absolute atomic E-state index is 6.72. The Kier molecular flexibility index (Phi) is 5.75. The van der Waals surface area contributed by atoms with Crippen LogP contribution in [-0.4, -0.2) is 0 Å². The lowest BCUT2D eigenvalue weighted by Gasteiger charge is -2.19. The molecule has 0 unspecified atom stereocenters. The molecule has 9 aromatic rings. The van der Waals surface area contributed by atoms with Crippen molar-refractivity contribution in [1.82, 2.24) is 0 Å². The van der Waals surface area contributed by atoms with Crippen LogP contribution in [0.25, 0.3) is 87.3 Å². The smallest absolute Gasteiger partial charge is 0.143 e. The highest BCUT2D eigenvalue weighted by Gasteiger charge is 2.22. The topological polar surface area (TPSA) is 13.1 Å². The van der Waals surface area contributed by atoms with Crippen LogP contribution in [0.4, 0.5) is 0 Å². The van der Waals surface area contributed by atoms with E-state index in [9.17, 15) is 0 Å². The highest BCUT2D eigenvalue weighted by atomic mass is 32.1. The van der Waals surface area contributed by atoms with Gasteiger partial charge in [0.15, 0.2) is 0 Å². The van der Waals surface area contributed by atoms with Crippen LogP contribution in [0.5, 0.6) is 0 Å². The lowest BCUT2D eigenvalue weighted by molar-refractivity contribution is 0.673. The van der Waals surface area contributed by atoms with Crippen molar-refractivity contribution in [2.75, 3.05) is 0 Å². The van der Waals surface area contributed by atoms with Crippen LogP contribution in [0.3, 0.4) is 0 Å². The third kappa shape index (κ3) is 3.92. The quantitative estimate of drug-likeness (QED) is 0.189. The summed E-state index contributed by atoms with van der Waals surface area (Å²) in [6.45, 7) is 0. The van der Waals surface area contributed by atoms with E-state index in [1.807, 2.05) is 6.07 Å². The van der Waals surface area contributed by atoms with Gasteiger partial charge in [-0.1, -0.05) is 127 Å². The van der Waals surface area contributed by atoms with E-state index < -0.39 is 0 Å². The van der Waals surface area contributed by atoms with E-state index in [2.05, 4.69) is 151 Å². The third-order valence-corrected chi connectivity index (χ3v) is 9.67. The lowest BCUT2D eigenvalue weighted by atomic mass is 9.85. The first-order valence-electron chi connectivity index (χ1n) is 14.9. The Bertz CT molecular complexity index is 2450. The molecule has 0 fully saturated rings. The van der Waals surface area contributed by atoms with Gasteiger partial charge in [0, 0.05) is 26.6 Å². The Morgan fingerprint density at radius 2 is 1.00 bits per heavy atom. The van der Waals surface area contributed by atoms with E-state index in [4.69, 9.17) is 4.42 Å². The van der Waals surface area contributed by atoms with Crippen LogP contribution < -0.4 is 0 Å². The molecule has 44 heavy (non-hydrogen) atoms. The highest BCUT2D eigenvalue weighted by molar-refractivity contribution is 7.13. The van der Waals surface area contributed by atoms with E-state index in [1.54, 1.807) is 11.3 Å². The van der Waals surface area contributed by atoms with Gasteiger partial charge in [0.1, 0.15) is 11.2 Å². The van der Waals surface area contributed by atoms with Crippen molar-refractivity contribution in [3.05, 3.63) is 157 Å². The molecule has 0 saturated heterocycles. The lowest BCUT2D eigenvalue weighted by Crippen LogP contribution is -1.92. The van der Waals surface area contributed by atoms with Gasteiger partial charge in [0.05, 0.1) is 0 Å². The van der Waals surface area contributed by atoms with Crippen molar-refractivity contribution < 1.29 is 4.42 Å². The summed E-state index contributed by atoms with van der Waals surface area (Å²) < 4.78 is 6.72. The van der Waals surface area contributed by atoms with Crippen molar-refractivity contribution in [3.8, 4) is 43.8 Å². The van der Waals surface area contributed by atoms with Crippen LogP contribution in [0.2, 0.25) is 0 Å². The van der Waals surface area contributed by atoms with Gasteiger partial charge in [-0.2, -0.15) is 0 Å². The number of para-hydroxylation sites is 1. The maximum Gasteiger partial charge on any atom is 0.143 e. The van der Waals surface area contributed by atoms with E-state index in [0.29, 0.717) is 0 Å². The molecule has 0 atom stereocenters. The summed E-state index contributed by atoms with van der Waals surface area (Å²) in [5, 5.41) is 9.27. The summed E-state index contributed by atoms with van der Waals surface area (Å²) in [5.41, 5.74) is 10.4. The summed E-state index contributed by atoms with van der Waals surface area (Å²) >= 11 is 1.79. The number of thiophene rings is 1. The number of benzene rings is 7. The molecular weight excluding hydrogens is 553 g/mol. The monoisotopic (exact) mass is 578 g/mol. The predicted molar refractivity (Wildman–Crippen MR) is 188 cm³/mol. The van der Waals surface area contributed by atoms with Gasteiger partial charge >= 0.3 is 0 Å². The van der Waals surface area contributed by atoms with Crippen LogP contribution in [-0.2, 0) is 0 Å². The molecule has 0 aliphatic heterocycles. The van der Waals surface area contributed by atoms with Gasteiger partial charge in [0.25, 0.3) is 0 Å². The molecule has 0 bridgehead atoms. The molecule has 206 valence electrons. The fourth-order valence-corrected chi connectivity index (χ4v) is 7.54. The maximum atomic E-state index is 6.72. The summed E-state index contributed by atoms with van der Waals surface area (Å²) in [6.07, 6.45) is 0. The molecule has 0 radical (unpaired) electrons. The number of hydrogen-bond acceptors (Lipinski definition) is 2. The fraction of sp³-hybridized carbons (Fsp3) is 0. The molecule has 0 spiro atoms. The SMILES string of the molecule is c1ccc(-c2ccc(-c3c(-c4cccs4)c4ccc(-c5ccccc5)cc4c4c3ccc3c5ccccc5oc34)cc2)cc1. The Labute approximate surface area is 259 Å². The van der Waals surface area contributed by atoms with Crippen molar-refractivity contribution in [1.29, 1.82) is 0 Å². The van der Waals surface area contributed by atoms with Gasteiger partial charge in [-0.25, -0.2) is 0 Å². The van der Waals surface area contributed by atoms with Gasteiger partial charge in [0.2, 0.25) is 0 Å². The minimum absolute atomic E-state index is 0.915.